The second kappa shape index (κ2) is 5.54. The first-order chi connectivity index (χ1) is 8.93. The molecule has 1 aliphatic rings. The van der Waals surface area contributed by atoms with Crippen LogP contribution in [0.3, 0.4) is 0 Å². The first-order valence-corrected chi connectivity index (χ1v) is 7.49. The average molecular weight is 261 g/mol. The summed E-state index contributed by atoms with van der Waals surface area (Å²) in [5.74, 6) is 2.13. The molecule has 1 saturated carbocycles. The Morgan fingerprint density at radius 1 is 1.32 bits per heavy atom. The Labute approximate surface area is 117 Å². The zero-order valence-corrected chi connectivity index (χ0v) is 12.6. The maximum absolute atomic E-state index is 6.76. The molecule has 1 aromatic carbocycles. The van der Waals surface area contributed by atoms with Gasteiger partial charge in [-0.25, -0.2) is 0 Å². The molecule has 0 aliphatic heterocycles. The van der Waals surface area contributed by atoms with Crippen molar-refractivity contribution in [3.05, 3.63) is 29.8 Å². The van der Waals surface area contributed by atoms with Gasteiger partial charge in [0.15, 0.2) is 0 Å². The van der Waals surface area contributed by atoms with E-state index in [0.29, 0.717) is 11.8 Å². The highest BCUT2D eigenvalue weighted by atomic mass is 16.5. The molecule has 0 radical (unpaired) electrons. The Hall–Kier alpha value is -1.02. The van der Waals surface area contributed by atoms with Gasteiger partial charge in [0.1, 0.15) is 5.75 Å². The summed E-state index contributed by atoms with van der Waals surface area (Å²) in [6.07, 6.45) is 3.79. The number of nitrogens with two attached hydrogens (primary N) is 1. The van der Waals surface area contributed by atoms with Crippen molar-refractivity contribution in [2.45, 2.75) is 58.6 Å². The summed E-state index contributed by atoms with van der Waals surface area (Å²) in [5.41, 5.74) is 7.78. The predicted molar refractivity (Wildman–Crippen MR) is 80.3 cm³/mol. The fourth-order valence-electron chi connectivity index (χ4n) is 3.24. The first-order valence-electron chi connectivity index (χ1n) is 7.49. The summed E-state index contributed by atoms with van der Waals surface area (Å²) < 4.78 is 5.80. The summed E-state index contributed by atoms with van der Waals surface area (Å²) in [6.45, 7) is 8.71. The van der Waals surface area contributed by atoms with E-state index in [9.17, 15) is 0 Å². The Morgan fingerprint density at radius 2 is 2.05 bits per heavy atom. The van der Waals surface area contributed by atoms with Crippen molar-refractivity contribution in [1.29, 1.82) is 0 Å². The average Bonchev–Trinajstić information content (AvgIpc) is 2.35. The van der Waals surface area contributed by atoms with Gasteiger partial charge in [0.2, 0.25) is 0 Å². The van der Waals surface area contributed by atoms with E-state index < -0.39 is 0 Å². The van der Waals surface area contributed by atoms with Gasteiger partial charge in [-0.05, 0) is 49.8 Å². The Bertz CT molecular complexity index is 429. The van der Waals surface area contributed by atoms with Gasteiger partial charge in [-0.1, -0.05) is 38.8 Å². The van der Waals surface area contributed by atoms with E-state index in [1.165, 1.54) is 18.4 Å². The van der Waals surface area contributed by atoms with E-state index in [-0.39, 0.29) is 11.6 Å². The molecule has 0 amide bonds. The van der Waals surface area contributed by atoms with Gasteiger partial charge in [0, 0.05) is 5.54 Å². The van der Waals surface area contributed by atoms with Crippen LogP contribution in [-0.2, 0) is 5.54 Å². The minimum Gasteiger partial charge on any atom is -0.491 e. The molecule has 2 N–H and O–H groups in total. The zero-order valence-electron chi connectivity index (χ0n) is 12.6. The second-order valence-corrected chi connectivity index (χ2v) is 6.39. The predicted octanol–water partition coefficient (Wildman–Crippen LogP) is 4.08. The summed E-state index contributed by atoms with van der Waals surface area (Å²) in [6, 6.07) is 8.37. The fourth-order valence-corrected chi connectivity index (χ4v) is 3.24. The summed E-state index contributed by atoms with van der Waals surface area (Å²) in [4.78, 5) is 0. The van der Waals surface area contributed by atoms with Gasteiger partial charge in [0.05, 0.1) is 6.10 Å². The first kappa shape index (κ1) is 14.4. The molecule has 3 unspecified atom stereocenters. The highest BCUT2D eigenvalue weighted by molar-refractivity contribution is 5.34. The van der Waals surface area contributed by atoms with Crippen LogP contribution in [0.5, 0.6) is 5.75 Å². The van der Waals surface area contributed by atoms with E-state index >= 15 is 0 Å². The van der Waals surface area contributed by atoms with Gasteiger partial charge >= 0.3 is 0 Å². The van der Waals surface area contributed by atoms with E-state index in [1.807, 2.05) is 6.07 Å². The van der Waals surface area contributed by atoms with E-state index in [0.717, 1.165) is 12.2 Å². The standard InChI is InChI=1S/C17H27NO/c1-12(2)19-16-9-5-8-15(11-16)17(18)10-6-7-13(3)14(17)4/h5,8-9,11-14H,6-7,10,18H2,1-4H3. The lowest BCUT2D eigenvalue weighted by atomic mass is 9.66. The summed E-state index contributed by atoms with van der Waals surface area (Å²) in [7, 11) is 0. The molecule has 0 saturated heterocycles. The Morgan fingerprint density at radius 3 is 2.74 bits per heavy atom. The van der Waals surface area contributed by atoms with Gasteiger partial charge in [-0.15, -0.1) is 0 Å². The molecule has 0 aromatic heterocycles. The largest absolute Gasteiger partial charge is 0.491 e. The van der Waals surface area contributed by atoms with Crippen molar-refractivity contribution < 1.29 is 4.74 Å². The molecule has 0 bridgehead atoms. The molecule has 106 valence electrons. The third-order valence-corrected chi connectivity index (χ3v) is 4.66. The van der Waals surface area contributed by atoms with Crippen molar-refractivity contribution in [3.8, 4) is 5.75 Å². The van der Waals surface area contributed by atoms with Gasteiger partial charge < -0.3 is 10.5 Å². The molecular formula is C17H27NO. The van der Waals surface area contributed by atoms with Crippen LogP contribution in [-0.4, -0.2) is 6.10 Å². The van der Waals surface area contributed by atoms with E-state index in [2.05, 4.69) is 45.9 Å². The van der Waals surface area contributed by atoms with Gasteiger partial charge in [0.25, 0.3) is 0 Å². The maximum atomic E-state index is 6.76. The third-order valence-electron chi connectivity index (χ3n) is 4.66. The van der Waals surface area contributed by atoms with Crippen LogP contribution >= 0.6 is 0 Å². The minimum atomic E-state index is -0.200. The molecule has 19 heavy (non-hydrogen) atoms. The molecule has 1 aromatic rings. The van der Waals surface area contributed by atoms with E-state index in [1.54, 1.807) is 0 Å². The smallest absolute Gasteiger partial charge is 0.120 e. The van der Waals surface area contributed by atoms with E-state index in [4.69, 9.17) is 10.5 Å². The summed E-state index contributed by atoms with van der Waals surface area (Å²) >= 11 is 0. The SMILES string of the molecule is CC(C)Oc1cccc(C2(N)CCCC(C)C2C)c1. The van der Waals surface area contributed by atoms with Crippen molar-refractivity contribution in [1.82, 2.24) is 0 Å². The minimum absolute atomic E-state index is 0.200. The third kappa shape index (κ3) is 2.94. The lowest BCUT2D eigenvalue weighted by Crippen LogP contribution is -2.48. The van der Waals surface area contributed by atoms with Crippen LogP contribution in [0.4, 0.5) is 0 Å². The van der Waals surface area contributed by atoms with Crippen LogP contribution in [0.25, 0.3) is 0 Å². The highest BCUT2D eigenvalue weighted by Crippen LogP contribution is 2.43. The number of hydrogen-bond acceptors (Lipinski definition) is 2. The molecular weight excluding hydrogens is 234 g/mol. The van der Waals surface area contributed by atoms with Crippen LogP contribution in [0, 0.1) is 11.8 Å². The molecule has 1 aliphatic carbocycles. The van der Waals surface area contributed by atoms with Crippen molar-refractivity contribution in [2.24, 2.45) is 17.6 Å². The van der Waals surface area contributed by atoms with Crippen LogP contribution in [0.2, 0.25) is 0 Å². The lowest BCUT2D eigenvalue weighted by molar-refractivity contribution is 0.143. The highest BCUT2D eigenvalue weighted by Gasteiger charge is 2.39. The quantitative estimate of drug-likeness (QED) is 0.889. The van der Waals surface area contributed by atoms with Crippen molar-refractivity contribution in [3.63, 3.8) is 0 Å². The van der Waals surface area contributed by atoms with Crippen LogP contribution in [0.15, 0.2) is 24.3 Å². The van der Waals surface area contributed by atoms with Gasteiger partial charge in [-0.3, -0.25) is 0 Å². The molecule has 2 rings (SSSR count). The lowest BCUT2D eigenvalue weighted by Gasteiger charge is -2.43. The van der Waals surface area contributed by atoms with Gasteiger partial charge in [-0.2, -0.15) is 0 Å². The molecule has 1 fully saturated rings. The molecule has 2 heteroatoms. The second-order valence-electron chi connectivity index (χ2n) is 6.39. The maximum Gasteiger partial charge on any atom is 0.120 e. The normalized spacial score (nSPS) is 31.5. The number of hydrogen-bond donors (Lipinski definition) is 1. The topological polar surface area (TPSA) is 35.2 Å². The Kier molecular flexibility index (Phi) is 4.19. The molecule has 0 spiro atoms. The van der Waals surface area contributed by atoms with Crippen LogP contribution < -0.4 is 10.5 Å². The fraction of sp³-hybridized carbons (Fsp3) is 0.647. The van der Waals surface area contributed by atoms with Crippen molar-refractivity contribution >= 4 is 0 Å². The Balaban J connectivity index is 2.29. The molecule has 2 nitrogen and oxygen atoms in total. The molecule has 3 atom stereocenters. The molecule has 0 heterocycles. The number of benzene rings is 1. The zero-order chi connectivity index (χ0) is 14.0. The number of rotatable bonds is 3. The summed E-state index contributed by atoms with van der Waals surface area (Å²) in [5, 5.41) is 0. The number of ether oxygens (including phenoxy) is 1. The monoisotopic (exact) mass is 261 g/mol. The van der Waals surface area contributed by atoms with Crippen LogP contribution in [0.1, 0.15) is 52.5 Å². The van der Waals surface area contributed by atoms with Crippen molar-refractivity contribution in [2.75, 3.05) is 0 Å².